The molecule has 0 radical (unpaired) electrons. The summed E-state index contributed by atoms with van der Waals surface area (Å²) in [5.41, 5.74) is -1.22. The number of ether oxygens (including phenoxy) is 4. The summed E-state index contributed by atoms with van der Waals surface area (Å²) in [6.45, 7) is 1.67. The second-order valence-corrected chi connectivity index (χ2v) is 7.79. The summed E-state index contributed by atoms with van der Waals surface area (Å²) in [6.07, 6.45) is -0.384. The topological polar surface area (TPSA) is 108 Å². The van der Waals surface area contributed by atoms with Crippen molar-refractivity contribution in [1.82, 2.24) is 0 Å². The highest BCUT2D eigenvalue weighted by atomic mass is 35.5. The zero-order chi connectivity index (χ0) is 22.3. The molecule has 0 aliphatic heterocycles. The highest BCUT2D eigenvalue weighted by molar-refractivity contribution is 6.30. The maximum Gasteiger partial charge on any atom is 0.317 e. The molecule has 9 heteroatoms. The molecule has 1 aliphatic rings. The average molecular weight is 443 g/mol. The van der Waals surface area contributed by atoms with E-state index in [1.807, 2.05) is 0 Å². The highest BCUT2D eigenvalue weighted by Gasteiger charge is 2.57. The number of Topliss-reactive ketones (excluding diaryl/α,β-unsaturated/α-hetero) is 1. The van der Waals surface area contributed by atoms with Crippen LogP contribution in [0.4, 0.5) is 0 Å². The zero-order valence-electron chi connectivity index (χ0n) is 17.3. The van der Waals surface area contributed by atoms with Crippen molar-refractivity contribution in [2.24, 2.45) is 11.8 Å². The van der Waals surface area contributed by atoms with Crippen molar-refractivity contribution < 1.29 is 38.4 Å². The maximum atomic E-state index is 12.9. The molecule has 1 fully saturated rings. The minimum atomic E-state index is -1.71. The van der Waals surface area contributed by atoms with Crippen LogP contribution in [0.5, 0.6) is 0 Å². The summed E-state index contributed by atoms with van der Waals surface area (Å²) < 4.78 is 20.2. The number of carbonyl (C=O) groups is 3. The fourth-order valence-electron chi connectivity index (χ4n) is 3.73. The molecule has 4 atom stereocenters. The van der Waals surface area contributed by atoms with Gasteiger partial charge in [0.2, 0.25) is 0 Å². The molecule has 0 bridgehead atoms. The third-order valence-electron chi connectivity index (χ3n) is 5.09. The van der Waals surface area contributed by atoms with Crippen LogP contribution in [-0.4, -0.2) is 69.1 Å². The molecular weight excluding hydrogens is 416 g/mol. The lowest BCUT2D eigenvalue weighted by Crippen LogP contribution is -2.55. The lowest BCUT2D eigenvalue weighted by atomic mass is 9.62. The van der Waals surface area contributed by atoms with E-state index in [1.54, 1.807) is 24.3 Å². The van der Waals surface area contributed by atoms with Crippen LogP contribution in [0.3, 0.4) is 0 Å². The molecule has 0 unspecified atom stereocenters. The largest absolute Gasteiger partial charge is 0.463 e. The number of methoxy groups -OCH3 is 2. The molecule has 2 rings (SSSR count). The lowest BCUT2D eigenvalue weighted by Gasteiger charge is -2.43. The average Bonchev–Trinajstić information content (AvgIpc) is 2.67. The number of aliphatic hydroxyl groups is 1. The van der Waals surface area contributed by atoms with Crippen LogP contribution in [-0.2, 0) is 33.3 Å². The van der Waals surface area contributed by atoms with Crippen LogP contribution in [0.2, 0.25) is 5.02 Å². The van der Waals surface area contributed by atoms with Crippen molar-refractivity contribution >= 4 is 29.3 Å². The SMILES string of the molecule is COCCOC(=O)[C@@H]1C(=O)C[C@](C)(O)[C@@H](C(=O)OCCOC)[C@@H]1c1ccc(Cl)cc1. The Morgan fingerprint density at radius 2 is 1.57 bits per heavy atom. The summed E-state index contributed by atoms with van der Waals surface area (Å²) in [4.78, 5) is 38.6. The fourth-order valence-corrected chi connectivity index (χ4v) is 3.86. The fraction of sp³-hybridized carbons (Fsp3) is 0.571. The second-order valence-electron chi connectivity index (χ2n) is 7.35. The molecule has 1 aromatic rings. The van der Waals surface area contributed by atoms with Crippen LogP contribution in [0.1, 0.15) is 24.8 Å². The first-order valence-corrected chi connectivity index (χ1v) is 9.92. The van der Waals surface area contributed by atoms with E-state index in [-0.39, 0.29) is 32.8 Å². The lowest BCUT2D eigenvalue weighted by molar-refractivity contribution is -0.174. The smallest absolute Gasteiger partial charge is 0.317 e. The molecule has 166 valence electrons. The van der Waals surface area contributed by atoms with Crippen molar-refractivity contribution in [3.8, 4) is 0 Å². The zero-order valence-corrected chi connectivity index (χ0v) is 18.0. The molecule has 0 heterocycles. The molecule has 1 saturated carbocycles. The van der Waals surface area contributed by atoms with Gasteiger partial charge in [-0.1, -0.05) is 23.7 Å². The van der Waals surface area contributed by atoms with Gasteiger partial charge in [-0.05, 0) is 24.6 Å². The summed E-state index contributed by atoms with van der Waals surface area (Å²) >= 11 is 5.97. The number of halogens is 1. The molecule has 1 N–H and O–H groups in total. The summed E-state index contributed by atoms with van der Waals surface area (Å²) in [7, 11) is 2.92. The van der Waals surface area contributed by atoms with E-state index in [2.05, 4.69) is 0 Å². The molecule has 0 amide bonds. The van der Waals surface area contributed by atoms with Gasteiger partial charge in [0.15, 0.2) is 5.78 Å². The van der Waals surface area contributed by atoms with E-state index >= 15 is 0 Å². The molecule has 0 aromatic heterocycles. The van der Waals surface area contributed by atoms with Gasteiger partial charge in [-0.15, -0.1) is 0 Å². The molecule has 0 spiro atoms. The standard InChI is InChI=1S/C21H27ClO8/c1-21(26)12-15(23)17(19(24)29-10-8-27-2)16(13-4-6-14(22)7-5-13)18(21)20(25)30-11-9-28-3/h4-7,16-18,26H,8-12H2,1-3H3/t16-,17-,18-,21+/m1/s1. The van der Waals surface area contributed by atoms with Gasteiger partial charge in [0.25, 0.3) is 0 Å². The predicted octanol–water partition coefficient (Wildman–Crippen LogP) is 1.76. The Kier molecular flexibility index (Phi) is 8.78. The van der Waals surface area contributed by atoms with E-state index in [1.165, 1.54) is 21.1 Å². The number of hydrogen-bond donors (Lipinski definition) is 1. The van der Waals surface area contributed by atoms with Gasteiger partial charge in [-0.2, -0.15) is 0 Å². The van der Waals surface area contributed by atoms with Gasteiger partial charge in [-0.3, -0.25) is 14.4 Å². The van der Waals surface area contributed by atoms with Crippen LogP contribution in [0, 0.1) is 11.8 Å². The van der Waals surface area contributed by atoms with Gasteiger partial charge in [0.1, 0.15) is 19.1 Å². The molecular formula is C21H27ClO8. The first-order chi connectivity index (χ1) is 14.2. The van der Waals surface area contributed by atoms with Crippen LogP contribution < -0.4 is 0 Å². The number of hydrogen-bond acceptors (Lipinski definition) is 8. The first-order valence-electron chi connectivity index (χ1n) is 9.54. The number of rotatable bonds is 9. The Bertz CT molecular complexity index is 746. The number of ketones is 1. The summed E-state index contributed by atoms with van der Waals surface area (Å²) in [5.74, 6) is -5.44. The Morgan fingerprint density at radius 1 is 1.03 bits per heavy atom. The Balaban J connectivity index is 2.46. The molecule has 0 saturated heterocycles. The van der Waals surface area contributed by atoms with Crippen molar-refractivity contribution in [2.45, 2.75) is 24.9 Å². The Labute approximate surface area is 180 Å². The molecule has 1 aliphatic carbocycles. The third kappa shape index (κ3) is 5.78. The van der Waals surface area contributed by atoms with E-state index in [0.717, 1.165) is 0 Å². The van der Waals surface area contributed by atoms with Gasteiger partial charge < -0.3 is 24.1 Å². The normalized spacial score (nSPS) is 26.3. The van der Waals surface area contributed by atoms with Crippen molar-refractivity contribution in [1.29, 1.82) is 0 Å². The minimum absolute atomic E-state index is 0.0217. The molecule has 8 nitrogen and oxygen atoms in total. The van der Waals surface area contributed by atoms with Gasteiger partial charge in [-0.25, -0.2) is 0 Å². The van der Waals surface area contributed by atoms with Crippen molar-refractivity contribution in [3.05, 3.63) is 34.9 Å². The van der Waals surface area contributed by atoms with Crippen LogP contribution in [0.25, 0.3) is 0 Å². The first kappa shape index (κ1) is 24.3. The van der Waals surface area contributed by atoms with Crippen molar-refractivity contribution in [2.75, 3.05) is 40.6 Å². The predicted molar refractivity (Wildman–Crippen MR) is 107 cm³/mol. The van der Waals surface area contributed by atoms with Crippen molar-refractivity contribution in [3.63, 3.8) is 0 Å². The minimum Gasteiger partial charge on any atom is -0.463 e. The maximum absolute atomic E-state index is 12.9. The Morgan fingerprint density at radius 3 is 2.10 bits per heavy atom. The number of carbonyl (C=O) groups excluding carboxylic acids is 3. The summed E-state index contributed by atoms with van der Waals surface area (Å²) in [6, 6.07) is 6.41. The van der Waals surface area contributed by atoms with Crippen LogP contribution in [0.15, 0.2) is 24.3 Å². The van der Waals surface area contributed by atoms with Gasteiger partial charge in [0, 0.05) is 31.6 Å². The van der Waals surface area contributed by atoms with E-state index < -0.39 is 41.1 Å². The van der Waals surface area contributed by atoms with E-state index in [0.29, 0.717) is 10.6 Å². The monoisotopic (exact) mass is 442 g/mol. The molecule has 30 heavy (non-hydrogen) atoms. The number of benzene rings is 1. The van der Waals surface area contributed by atoms with Gasteiger partial charge in [0.05, 0.1) is 24.7 Å². The number of esters is 2. The quantitative estimate of drug-likeness (QED) is 0.350. The second kappa shape index (κ2) is 10.9. The third-order valence-corrected chi connectivity index (χ3v) is 5.35. The Hall–Kier alpha value is -2.00. The van der Waals surface area contributed by atoms with E-state index in [4.69, 9.17) is 30.5 Å². The summed E-state index contributed by atoms with van der Waals surface area (Å²) in [5, 5.41) is 11.4. The van der Waals surface area contributed by atoms with E-state index in [9.17, 15) is 19.5 Å². The van der Waals surface area contributed by atoms with Gasteiger partial charge >= 0.3 is 11.9 Å². The highest BCUT2D eigenvalue weighted by Crippen LogP contribution is 2.46. The van der Waals surface area contributed by atoms with Crippen LogP contribution >= 0.6 is 11.6 Å². The molecule has 1 aromatic carbocycles.